The Balaban J connectivity index is 1.88. The minimum atomic E-state index is -0.170. The Morgan fingerprint density at radius 2 is 2.33 bits per heavy atom. The Bertz CT molecular complexity index is 430. The Morgan fingerprint density at radius 3 is 3.00 bits per heavy atom. The lowest BCUT2D eigenvalue weighted by atomic mass is 10.1. The number of halogens is 1. The monoisotopic (exact) mass is 361 g/mol. The SMILES string of the molecule is O=C(NCC1CCCCO1)c1ccc(I)c(O)c1. The number of hydrogen-bond donors (Lipinski definition) is 2. The lowest BCUT2D eigenvalue weighted by molar-refractivity contribution is 0.0169. The van der Waals surface area contributed by atoms with Gasteiger partial charge in [0, 0.05) is 18.7 Å². The summed E-state index contributed by atoms with van der Waals surface area (Å²) in [5.74, 6) is -0.0342. The number of phenols is 1. The van der Waals surface area contributed by atoms with Crippen molar-refractivity contribution in [3.63, 3.8) is 0 Å². The number of rotatable bonds is 3. The van der Waals surface area contributed by atoms with Gasteiger partial charge in [0.05, 0.1) is 9.67 Å². The number of benzene rings is 1. The van der Waals surface area contributed by atoms with Gasteiger partial charge in [-0.2, -0.15) is 0 Å². The molecule has 1 fully saturated rings. The summed E-state index contributed by atoms with van der Waals surface area (Å²) >= 11 is 2.02. The first-order valence-corrected chi connectivity index (χ1v) is 7.13. The summed E-state index contributed by atoms with van der Waals surface area (Å²) in [6.07, 6.45) is 3.39. The Hall–Kier alpha value is -0.820. The minimum absolute atomic E-state index is 0.125. The van der Waals surface area contributed by atoms with Crippen LogP contribution in [0.1, 0.15) is 29.6 Å². The number of nitrogens with one attached hydrogen (secondary N) is 1. The van der Waals surface area contributed by atoms with Gasteiger partial charge in [0.15, 0.2) is 0 Å². The second-order valence-electron chi connectivity index (χ2n) is 4.36. The largest absolute Gasteiger partial charge is 0.507 e. The zero-order valence-electron chi connectivity index (χ0n) is 9.99. The summed E-state index contributed by atoms with van der Waals surface area (Å²) in [6.45, 7) is 1.32. The van der Waals surface area contributed by atoms with Crippen molar-refractivity contribution in [3.8, 4) is 5.75 Å². The number of phenolic OH excluding ortho intramolecular Hbond substituents is 1. The molecule has 1 aliphatic heterocycles. The van der Waals surface area contributed by atoms with Crippen LogP contribution in [-0.2, 0) is 4.74 Å². The standard InChI is InChI=1S/C13H16INO3/c14-11-5-4-9(7-12(11)16)13(17)15-8-10-3-1-2-6-18-10/h4-5,7,10,16H,1-3,6,8H2,(H,15,17). The molecular weight excluding hydrogens is 345 g/mol. The summed E-state index contributed by atoms with van der Waals surface area (Å²) in [5, 5.41) is 12.4. The average molecular weight is 361 g/mol. The van der Waals surface area contributed by atoms with E-state index in [1.165, 1.54) is 6.07 Å². The molecule has 18 heavy (non-hydrogen) atoms. The molecule has 0 radical (unpaired) electrons. The topological polar surface area (TPSA) is 58.6 Å². The first kappa shape index (κ1) is 13.6. The van der Waals surface area contributed by atoms with Gasteiger partial charge in [-0.05, 0) is 60.1 Å². The van der Waals surface area contributed by atoms with Crippen LogP contribution in [0.25, 0.3) is 0 Å². The van der Waals surface area contributed by atoms with Gasteiger partial charge >= 0.3 is 0 Å². The third kappa shape index (κ3) is 3.58. The van der Waals surface area contributed by atoms with Crippen LogP contribution < -0.4 is 5.32 Å². The van der Waals surface area contributed by atoms with Crippen LogP contribution in [-0.4, -0.2) is 30.3 Å². The van der Waals surface area contributed by atoms with Crippen LogP contribution in [0.15, 0.2) is 18.2 Å². The molecule has 0 aliphatic carbocycles. The van der Waals surface area contributed by atoms with Gasteiger partial charge in [-0.25, -0.2) is 0 Å². The van der Waals surface area contributed by atoms with Gasteiger partial charge in [0.1, 0.15) is 5.75 Å². The maximum atomic E-state index is 11.9. The van der Waals surface area contributed by atoms with Crippen molar-refractivity contribution < 1.29 is 14.6 Å². The highest BCUT2D eigenvalue weighted by Crippen LogP contribution is 2.20. The predicted octanol–water partition coefficient (Wildman–Crippen LogP) is 2.30. The third-order valence-electron chi connectivity index (χ3n) is 2.97. The van der Waals surface area contributed by atoms with Crippen molar-refractivity contribution in [2.45, 2.75) is 25.4 Å². The third-order valence-corrected chi connectivity index (χ3v) is 3.88. The molecule has 1 unspecified atom stereocenters. The van der Waals surface area contributed by atoms with E-state index in [0.717, 1.165) is 29.4 Å². The summed E-state index contributed by atoms with van der Waals surface area (Å²) in [4.78, 5) is 11.9. The van der Waals surface area contributed by atoms with E-state index < -0.39 is 0 Å². The molecule has 1 aromatic carbocycles. The van der Waals surface area contributed by atoms with Crippen molar-refractivity contribution in [3.05, 3.63) is 27.3 Å². The van der Waals surface area contributed by atoms with Crippen molar-refractivity contribution in [1.29, 1.82) is 0 Å². The van der Waals surface area contributed by atoms with E-state index in [9.17, 15) is 9.90 Å². The quantitative estimate of drug-likeness (QED) is 0.813. The first-order valence-electron chi connectivity index (χ1n) is 6.05. The van der Waals surface area contributed by atoms with E-state index in [1.807, 2.05) is 22.6 Å². The molecule has 1 atom stereocenters. The van der Waals surface area contributed by atoms with Gasteiger partial charge in [0.2, 0.25) is 0 Å². The van der Waals surface area contributed by atoms with E-state index in [-0.39, 0.29) is 17.8 Å². The zero-order valence-corrected chi connectivity index (χ0v) is 12.1. The molecule has 1 saturated heterocycles. The molecule has 0 aromatic heterocycles. The maximum Gasteiger partial charge on any atom is 0.251 e. The molecule has 1 amide bonds. The van der Waals surface area contributed by atoms with Gasteiger partial charge in [-0.15, -0.1) is 0 Å². The second-order valence-corrected chi connectivity index (χ2v) is 5.53. The van der Waals surface area contributed by atoms with Crippen molar-refractivity contribution in [2.75, 3.05) is 13.2 Å². The molecule has 0 saturated carbocycles. The molecule has 98 valence electrons. The summed E-state index contributed by atoms with van der Waals surface area (Å²) < 4.78 is 6.28. The van der Waals surface area contributed by atoms with Crippen LogP contribution >= 0.6 is 22.6 Å². The van der Waals surface area contributed by atoms with Crippen LogP contribution in [0.3, 0.4) is 0 Å². The maximum absolute atomic E-state index is 11.9. The molecule has 0 spiro atoms. The molecule has 4 nitrogen and oxygen atoms in total. The first-order chi connectivity index (χ1) is 8.66. The Morgan fingerprint density at radius 1 is 1.50 bits per heavy atom. The van der Waals surface area contributed by atoms with E-state index in [1.54, 1.807) is 12.1 Å². The van der Waals surface area contributed by atoms with Crippen LogP contribution in [0.2, 0.25) is 0 Å². The highest BCUT2D eigenvalue weighted by atomic mass is 127. The minimum Gasteiger partial charge on any atom is -0.507 e. The Labute approximate surface area is 120 Å². The highest BCUT2D eigenvalue weighted by molar-refractivity contribution is 14.1. The van der Waals surface area contributed by atoms with Gasteiger partial charge in [-0.1, -0.05) is 0 Å². The van der Waals surface area contributed by atoms with Crippen LogP contribution in [0, 0.1) is 3.57 Å². The lowest BCUT2D eigenvalue weighted by Crippen LogP contribution is -2.35. The number of hydrogen-bond acceptors (Lipinski definition) is 3. The van der Waals surface area contributed by atoms with Crippen molar-refractivity contribution in [1.82, 2.24) is 5.32 Å². The fraction of sp³-hybridized carbons (Fsp3) is 0.462. The van der Waals surface area contributed by atoms with Crippen molar-refractivity contribution >= 4 is 28.5 Å². The number of carbonyl (C=O) groups excluding carboxylic acids is 1. The van der Waals surface area contributed by atoms with Crippen LogP contribution in [0.5, 0.6) is 5.75 Å². The zero-order chi connectivity index (χ0) is 13.0. The molecular formula is C13H16INO3. The Kier molecular flexibility index (Phi) is 4.82. The summed E-state index contributed by atoms with van der Waals surface area (Å²) in [7, 11) is 0. The van der Waals surface area contributed by atoms with Gasteiger partial charge in [0.25, 0.3) is 5.91 Å². The summed E-state index contributed by atoms with van der Waals surface area (Å²) in [5.41, 5.74) is 0.476. The van der Waals surface area contributed by atoms with Gasteiger partial charge < -0.3 is 15.2 Å². The second kappa shape index (κ2) is 6.38. The smallest absolute Gasteiger partial charge is 0.251 e. The number of carbonyl (C=O) groups is 1. The fourth-order valence-electron chi connectivity index (χ4n) is 1.93. The normalized spacial score (nSPS) is 19.5. The average Bonchev–Trinajstić information content (AvgIpc) is 2.40. The molecule has 1 heterocycles. The molecule has 2 rings (SSSR count). The fourth-order valence-corrected chi connectivity index (χ4v) is 2.27. The van der Waals surface area contributed by atoms with Gasteiger partial charge in [-0.3, -0.25) is 4.79 Å². The van der Waals surface area contributed by atoms with Crippen LogP contribution in [0.4, 0.5) is 0 Å². The van der Waals surface area contributed by atoms with E-state index in [0.29, 0.717) is 12.1 Å². The number of amides is 1. The molecule has 1 aromatic rings. The number of ether oxygens (including phenoxy) is 1. The van der Waals surface area contributed by atoms with E-state index >= 15 is 0 Å². The molecule has 5 heteroatoms. The molecule has 0 bridgehead atoms. The highest BCUT2D eigenvalue weighted by Gasteiger charge is 2.15. The number of aromatic hydroxyl groups is 1. The molecule has 2 N–H and O–H groups in total. The summed E-state index contributed by atoms with van der Waals surface area (Å²) in [6, 6.07) is 4.92. The predicted molar refractivity (Wildman–Crippen MR) is 76.7 cm³/mol. The van der Waals surface area contributed by atoms with E-state index in [4.69, 9.17) is 4.74 Å². The van der Waals surface area contributed by atoms with E-state index in [2.05, 4.69) is 5.32 Å². The van der Waals surface area contributed by atoms with Crippen molar-refractivity contribution in [2.24, 2.45) is 0 Å². The lowest BCUT2D eigenvalue weighted by Gasteiger charge is -2.22. The molecule has 1 aliphatic rings.